The first-order valence-corrected chi connectivity index (χ1v) is 10.2. The van der Waals surface area contributed by atoms with E-state index in [0.29, 0.717) is 13.1 Å². The minimum Gasteiger partial charge on any atom is -0.449 e. The lowest BCUT2D eigenvalue weighted by Crippen LogP contribution is -2.33. The molecule has 0 saturated heterocycles. The summed E-state index contributed by atoms with van der Waals surface area (Å²) in [6.45, 7) is 5.43. The summed E-state index contributed by atoms with van der Waals surface area (Å²) in [5.74, 6) is -1.41. The fraction of sp³-hybridized carbons (Fsp3) is 0.389. The predicted molar refractivity (Wildman–Crippen MR) is 104 cm³/mol. The number of esters is 1. The van der Waals surface area contributed by atoms with Crippen molar-refractivity contribution in [2.24, 2.45) is 0 Å². The van der Waals surface area contributed by atoms with Gasteiger partial charge in [-0.3, -0.25) is 9.59 Å². The number of pyridine rings is 1. The van der Waals surface area contributed by atoms with E-state index < -0.39 is 33.6 Å². The number of aromatic amines is 1. The van der Waals surface area contributed by atoms with Gasteiger partial charge in [0, 0.05) is 37.1 Å². The highest BCUT2D eigenvalue weighted by molar-refractivity contribution is 7.89. The Morgan fingerprint density at radius 3 is 2.43 bits per heavy atom. The highest BCUT2D eigenvalue weighted by atomic mass is 32.2. The summed E-state index contributed by atoms with van der Waals surface area (Å²) in [5, 5.41) is 2.57. The van der Waals surface area contributed by atoms with Crippen LogP contribution in [0.3, 0.4) is 0 Å². The maximum Gasteiger partial charge on any atom is 0.339 e. The molecule has 0 fully saturated rings. The summed E-state index contributed by atoms with van der Waals surface area (Å²) in [6, 6.07) is 5.13. The quantitative estimate of drug-likeness (QED) is 0.653. The number of sulfonamides is 1. The van der Waals surface area contributed by atoms with Gasteiger partial charge in [-0.2, -0.15) is 4.31 Å². The van der Waals surface area contributed by atoms with Crippen LogP contribution in [0.5, 0.6) is 0 Å². The van der Waals surface area contributed by atoms with Gasteiger partial charge in [-0.05, 0) is 25.1 Å². The number of carbonyl (C=O) groups is 2. The zero-order valence-corrected chi connectivity index (χ0v) is 16.9. The number of nitrogens with zero attached hydrogens (tertiary/aromatic N) is 1. The fourth-order valence-corrected chi connectivity index (χ4v) is 4.24. The van der Waals surface area contributed by atoms with Gasteiger partial charge in [0.2, 0.25) is 15.6 Å². The third kappa shape index (κ3) is 4.23. The molecule has 2 aromatic rings. The zero-order chi connectivity index (χ0) is 21.1. The molecule has 1 aromatic carbocycles. The number of amides is 1. The number of aromatic nitrogens is 1. The van der Waals surface area contributed by atoms with Crippen LogP contribution in [0.4, 0.5) is 0 Å². The van der Waals surface area contributed by atoms with Crippen LogP contribution in [0.2, 0.25) is 0 Å². The van der Waals surface area contributed by atoms with Gasteiger partial charge >= 0.3 is 5.97 Å². The summed E-state index contributed by atoms with van der Waals surface area (Å²) in [6.07, 6.45) is -1.07. The van der Waals surface area contributed by atoms with Crippen molar-refractivity contribution in [3.63, 3.8) is 0 Å². The van der Waals surface area contributed by atoms with Gasteiger partial charge in [-0.15, -0.1) is 0 Å². The molecule has 1 atom stereocenters. The van der Waals surface area contributed by atoms with Crippen molar-refractivity contribution >= 4 is 32.8 Å². The van der Waals surface area contributed by atoms with Crippen molar-refractivity contribution in [1.82, 2.24) is 14.6 Å². The Hall–Kier alpha value is -2.72. The molecule has 2 rings (SSSR count). The lowest BCUT2D eigenvalue weighted by Gasteiger charge is -2.19. The number of hydrogen-bond acceptors (Lipinski definition) is 6. The number of ether oxygens (including phenoxy) is 1. The van der Waals surface area contributed by atoms with E-state index in [1.807, 2.05) is 0 Å². The number of H-pyrrole nitrogens is 1. The minimum atomic E-state index is -3.76. The van der Waals surface area contributed by atoms with Crippen molar-refractivity contribution < 1.29 is 22.7 Å². The molecule has 28 heavy (non-hydrogen) atoms. The first kappa shape index (κ1) is 21.6. The fourth-order valence-electron chi connectivity index (χ4n) is 2.76. The Labute approximate surface area is 162 Å². The zero-order valence-electron chi connectivity index (χ0n) is 16.1. The van der Waals surface area contributed by atoms with E-state index in [1.165, 1.54) is 36.5 Å². The Morgan fingerprint density at radius 2 is 1.86 bits per heavy atom. The molecule has 1 aromatic heterocycles. The van der Waals surface area contributed by atoms with E-state index in [-0.39, 0.29) is 21.4 Å². The van der Waals surface area contributed by atoms with Gasteiger partial charge in [0.15, 0.2) is 6.10 Å². The third-order valence-corrected chi connectivity index (χ3v) is 6.32. The lowest BCUT2D eigenvalue weighted by atomic mass is 10.1. The Morgan fingerprint density at radius 1 is 1.21 bits per heavy atom. The molecule has 2 N–H and O–H groups in total. The summed E-state index contributed by atoms with van der Waals surface area (Å²) in [5.41, 5.74) is -0.386. The molecule has 10 heteroatoms. The summed E-state index contributed by atoms with van der Waals surface area (Å²) in [4.78, 5) is 38.6. The van der Waals surface area contributed by atoms with E-state index in [2.05, 4.69) is 10.3 Å². The van der Waals surface area contributed by atoms with E-state index >= 15 is 0 Å². The van der Waals surface area contributed by atoms with Gasteiger partial charge in [0.1, 0.15) is 0 Å². The van der Waals surface area contributed by atoms with Gasteiger partial charge in [0.25, 0.3) is 5.91 Å². The van der Waals surface area contributed by atoms with Crippen molar-refractivity contribution in [2.45, 2.75) is 31.8 Å². The molecule has 0 aliphatic carbocycles. The average Bonchev–Trinajstić information content (AvgIpc) is 2.66. The normalized spacial score (nSPS) is 12.8. The highest BCUT2D eigenvalue weighted by Crippen LogP contribution is 2.23. The van der Waals surface area contributed by atoms with E-state index in [9.17, 15) is 22.8 Å². The molecular formula is C18H23N3O6S. The molecule has 1 amide bonds. The lowest BCUT2D eigenvalue weighted by molar-refractivity contribution is -0.128. The van der Waals surface area contributed by atoms with Gasteiger partial charge in [-0.1, -0.05) is 13.8 Å². The Bertz CT molecular complexity index is 1060. The molecule has 0 aliphatic heterocycles. The molecule has 0 bridgehead atoms. The molecule has 0 unspecified atom stereocenters. The second kappa shape index (κ2) is 8.53. The number of rotatable bonds is 7. The van der Waals surface area contributed by atoms with Crippen molar-refractivity contribution in [1.29, 1.82) is 0 Å². The molecule has 0 saturated carbocycles. The molecular weight excluding hydrogens is 386 g/mol. The second-order valence-corrected chi connectivity index (χ2v) is 7.94. The molecule has 0 spiro atoms. The van der Waals surface area contributed by atoms with Crippen molar-refractivity contribution in [3.8, 4) is 0 Å². The van der Waals surface area contributed by atoms with Gasteiger partial charge in [-0.25, -0.2) is 13.2 Å². The molecule has 9 nitrogen and oxygen atoms in total. The Kier molecular flexibility index (Phi) is 6.57. The van der Waals surface area contributed by atoms with Crippen LogP contribution in [0.15, 0.2) is 34.0 Å². The summed E-state index contributed by atoms with van der Waals surface area (Å²) >= 11 is 0. The number of carbonyl (C=O) groups excluding carboxylic acids is 2. The highest BCUT2D eigenvalue weighted by Gasteiger charge is 2.24. The van der Waals surface area contributed by atoms with E-state index in [0.717, 1.165) is 6.07 Å². The van der Waals surface area contributed by atoms with E-state index in [1.54, 1.807) is 13.8 Å². The van der Waals surface area contributed by atoms with Gasteiger partial charge in [0.05, 0.1) is 10.5 Å². The van der Waals surface area contributed by atoms with Crippen molar-refractivity contribution in [2.75, 3.05) is 20.1 Å². The number of fused-ring (bicyclic) bond motifs is 1. The predicted octanol–water partition coefficient (Wildman–Crippen LogP) is 0.850. The van der Waals surface area contributed by atoms with Crippen LogP contribution >= 0.6 is 0 Å². The Balaban J connectivity index is 2.59. The summed E-state index contributed by atoms with van der Waals surface area (Å²) in [7, 11) is -2.36. The van der Waals surface area contributed by atoms with Crippen LogP contribution in [0.1, 0.15) is 31.1 Å². The van der Waals surface area contributed by atoms with Crippen LogP contribution in [0, 0.1) is 0 Å². The molecule has 0 radical (unpaired) electrons. The van der Waals surface area contributed by atoms with Crippen molar-refractivity contribution in [3.05, 3.63) is 40.2 Å². The van der Waals surface area contributed by atoms with Gasteiger partial charge < -0.3 is 15.0 Å². The first-order chi connectivity index (χ1) is 13.1. The van der Waals surface area contributed by atoms with Crippen LogP contribution < -0.4 is 10.9 Å². The minimum absolute atomic E-state index is 0.0100. The van der Waals surface area contributed by atoms with Crippen LogP contribution in [-0.2, 0) is 19.6 Å². The molecule has 0 aliphatic rings. The second-order valence-electron chi connectivity index (χ2n) is 6.01. The van der Waals surface area contributed by atoms with E-state index in [4.69, 9.17) is 4.74 Å². The molecule has 152 valence electrons. The SMILES string of the molecule is CCN(CC)S(=O)(=O)c1ccc2[nH]c(=O)cc(C(=O)O[C@H](C)C(=O)NC)c2c1. The monoisotopic (exact) mass is 409 g/mol. The molecule has 1 heterocycles. The third-order valence-electron chi connectivity index (χ3n) is 4.28. The maximum absolute atomic E-state index is 12.8. The average molecular weight is 409 g/mol. The first-order valence-electron chi connectivity index (χ1n) is 8.75. The van der Waals surface area contributed by atoms with Crippen LogP contribution in [0.25, 0.3) is 10.9 Å². The number of nitrogens with one attached hydrogen (secondary N) is 2. The number of hydrogen-bond donors (Lipinski definition) is 2. The maximum atomic E-state index is 12.8. The largest absolute Gasteiger partial charge is 0.449 e. The smallest absolute Gasteiger partial charge is 0.339 e. The van der Waals surface area contributed by atoms with Crippen LogP contribution in [-0.4, -0.2) is 55.8 Å². The summed E-state index contributed by atoms with van der Waals surface area (Å²) < 4.78 is 31.9. The number of likely N-dealkylation sites (N-methyl/N-ethyl adjacent to an activating group) is 1. The standard InChI is InChI=1S/C18H23N3O6S/c1-5-21(6-2)28(25,26)12-7-8-15-13(9-12)14(10-16(22)20-15)18(24)27-11(3)17(23)19-4/h7-11H,5-6H2,1-4H3,(H,19,23)(H,20,22)/t11-/m1/s1. The topological polar surface area (TPSA) is 126 Å². The number of benzene rings is 1.